The molecule has 0 spiro atoms. The Morgan fingerprint density at radius 2 is 0.927 bits per heavy atom. The van der Waals surface area contributed by atoms with E-state index in [4.69, 9.17) is 48.1 Å². The Balaban J connectivity index is -0.000000486. The molecule has 82 heavy (non-hydrogen) atoms. The number of hydrogen-bond donors (Lipinski definition) is 2. The number of ether oxygens (including phenoxy) is 8. The SMILES string of the molecule is CC1(C)OCC(CO)O1.CCC1(CO)COC1.CCCCC(CC)COC(=O)CCCCCCCCC(=O)OCC(CC)CCCC.CCCCCCOCCC(=O)N(C)C.CCCCOCCC(=O)N(C)C.COCCC(=O)N(C)C. The van der Waals surface area contributed by atoms with Gasteiger partial charge in [0.25, 0.3) is 0 Å². The van der Waals surface area contributed by atoms with Crippen LogP contribution in [0, 0.1) is 17.3 Å². The predicted octanol–water partition coefficient (Wildman–Crippen LogP) is 11.6. The van der Waals surface area contributed by atoms with Gasteiger partial charge in [-0.15, -0.1) is 0 Å². The average Bonchev–Trinajstić information content (AvgIpc) is 3.88. The molecule has 0 saturated carbocycles. The van der Waals surface area contributed by atoms with Crippen molar-refractivity contribution in [3.8, 4) is 0 Å². The van der Waals surface area contributed by atoms with E-state index in [1.165, 1.54) is 44.9 Å². The molecule has 2 N–H and O–H groups in total. The number of rotatable bonds is 41. The van der Waals surface area contributed by atoms with Gasteiger partial charge in [0.1, 0.15) is 6.10 Å². The molecule has 2 heterocycles. The van der Waals surface area contributed by atoms with E-state index < -0.39 is 5.79 Å². The third-order valence-corrected chi connectivity index (χ3v) is 14.0. The van der Waals surface area contributed by atoms with Crippen LogP contribution in [0.2, 0.25) is 0 Å². The Morgan fingerprint density at radius 1 is 0.524 bits per heavy atom. The quantitative estimate of drug-likeness (QED) is 0.0431. The maximum atomic E-state index is 11.9. The van der Waals surface area contributed by atoms with Crippen molar-refractivity contribution in [1.82, 2.24) is 14.7 Å². The van der Waals surface area contributed by atoms with Gasteiger partial charge >= 0.3 is 11.9 Å². The average molecular weight is 1180 g/mol. The minimum atomic E-state index is -0.493. The molecule has 2 rings (SSSR count). The predicted molar refractivity (Wildman–Crippen MR) is 331 cm³/mol. The number of carbonyl (C=O) groups is 5. The second-order valence-corrected chi connectivity index (χ2v) is 22.7. The summed E-state index contributed by atoms with van der Waals surface area (Å²) >= 11 is 0. The summed E-state index contributed by atoms with van der Waals surface area (Å²) in [5.74, 6) is 0.832. The minimum absolute atomic E-state index is 0.0444. The number of methoxy groups -OCH3 is 1. The topological polar surface area (TPSA) is 209 Å². The van der Waals surface area contributed by atoms with Crippen LogP contribution in [0.4, 0.5) is 0 Å². The van der Waals surface area contributed by atoms with E-state index in [0.29, 0.717) is 83.6 Å². The van der Waals surface area contributed by atoms with Gasteiger partial charge in [-0.3, -0.25) is 24.0 Å². The van der Waals surface area contributed by atoms with Crippen molar-refractivity contribution in [2.24, 2.45) is 17.3 Å². The molecule has 18 heteroatoms. The second kappa shape index (κ2) is 59.7. The van der Waals surface area contributed by atoms with Crippen molar-refractivity contribution in [3.63, 3.8) is 0 Å². The first-order valence-electron chi connectivity index (χ1n) is 31.8. The fraction of sp³-hybridized carbons (Fsp3) is 0.922. The number of nitrogens with zero attached hydrogens (tertiary/aromatic N) is 3. The second-order valence-electron chi connectivity index (χ2n) is 22.7. The first-order valence-corrected chi connectivity index (χ1v) is 31.8. The van der Waals surface area contributed by atoms with Gasteiger partial charge in [-0.2, -0.15) is 0 Å². The molecule has 3 atom stereocenters. The van der Waals surface area contributed by atoms with Gasteiger partial charge in [0.15, 0.2) is 5.79 Å². The van der Waals surface area contributed by atoms with E-state index in [-0.39, 0.29) is 54.4 Å². The van der Waals surface area contributed by atoms with E-state index >= 15 is 0 Å². The van der Waals surface area contributed by atoms with Crippen LogP contribution in [0.1, 0.15) is 229 Å². The summed E-state index contributed by atoms with van der Waals surface area (Å²) in [5.41, 5.74) is 0.139. The Hall–Kier alpha value is -2.97. The monoisotopic (exact) mass is 1180 g/mol. The molecule has 2 aliphatic heterocycles. The third kappa shape index (κ3) is 56.2. The highest BCUT2D eigenvalue weighted by Gasteiger charge is 2.35. The van der Waals surface area contributed by atoms with Crippen LogP contribution in [0.15, 0.2) is 0 Å². The zero-order valence-electron chi connectivity index (χ0n) is 55.6. The van der Waals surface area contributed by atoms with Crippen LogP contribution in [0.3, 0.4) is 0 Å². The maximum Gasteiger partial charge on any atom is 0.305 e. The number of amides is 3. The van der Waals surface area contributed by atoms with Crippen LogP contribution in [0.5, 0.6) is 0 Å². The molecule has 0 aromatic rings. The van der Waals surface area contributed by atoms with Gasteiger partial charge in [0.05, 0.1) is 85.3 Å². The molecule has 0 radical (unpaired) electrons. The molecule has 3 unspecified atom stereocenters. The standard InChI is InChI=1S/C26H50O4.C11H23NO2.C9H19NO2.C6H13NO2.C6H12O3.C6H12O2/c1-5-9-17-23(7-3)21-29-25(27)19-15-13-11-12-14-16-20-26(28)30-22-24(8-4)18-10-6-2;1-4-5-6-7-9-14-10-8-11(13)12(2)3;1-4-5-7-12-8-6-9(11)10(2)3;1-7(2)6(8)4-5-9-3;1-6(2)8-4-5(3-7)9-6;1-2-6(3-7)4-8-5-6/h23-24H,5-22H2,1-4H3;4-10H2,1-3H3;4-8H2,1-3H3;4-5H2,1-3H3;5,7H,3-4H2,1-2H3;7H,2-5H2,1H3. The highest BCUT2D eigenvalue weighted by atomic mass is 16.7. The van der Waals surface area contributed by atoms with Crippen molar-refractivity contribution in [2.45, 2.75) is 241 Å². The lowest BCUT2D eigenvalue weighted by molar-refractivity contribution is -0.146. The first-order chi connectivity index (χ1) is 39.1. The molecular formula is C64H129N3O15. The minimum Gasteiger partial charge on any atom is -0.465 e. The van der Waals surface area contributed by atoms with Crippen molar-refractivity contribution < 1.29 is 72.1 Å². The zero-order valence-corrected chi connectivity index (χ0v) is 55.6. The third-order valence-electron chi connectivity index (χ3n) is 14.0. The number of esters is 2. The Bertz CT molecular complexity index is 1410. The lowest BCUT2D eigenvalue weighted by atomic mass is 9.84. The summed E-state index contributed by atoms with van der Waals surface area (Å²) in [6.07, 6.45) is 26.0. The Labute approximate surface area is 501 Å². The smallest absolute Gasteiger partial charge is 0.305 e. The summed E-state index contributed by atoms with van der Waals surface area (Å²) < 4.78 is 41.5. The summed E-state index contributed by atoms with van der Waals surface area (Å²) in [6, 6.07) is 0. The molecule has 0 bridgehead atoms. The molecule has 490 valence electrons. The summed E-state index contributed by atoms with van der Waals surface area (Å²) in [6.45, 7) is 25.5. The van der Waals surface area contributed by atoms with E-state index in [2.05, 4.69) is 48.5 Å². The molecule has 18 nitrogen and oxygen atoms in total. The lowest BCUT2D eigenvalue weighted by Gasteiger charge is -2.38. The van der Waals surface area contributed by atoms with E-state index in [1.807, 2.05) is 13.8 Å². The maximum absolute atomic E-state index is 11.9. The van der Waals surface area contributed by atoms with E-state index in [9.17, 15) is 24.0 Å². The first kappa shape index (κ1) is 85.5. The Kier molecular flexibility index (Phi) is 62.3. The van der Waals surface area contributed by atoms with Crippen molar-refractivity contribution >= 4 is 29.7 Å². The lowest BCUT2D eigenvalue weighted by Crippen LogP contribution is -2.44. The number of carbonyl (C=O) groups excluding carboxylic acids is 5. The number of aliphatic hydroxyl groups excluding tert-OH is 2. The van der Waals surface area contributed by atoms with E-state index in [0.717, 1.165) is 116 Å². The van der Waals surface area contributed by atoms with Crippen LogP contribution in [-0.4, -0.2) is 195 Å². The van der Waals surface area contributed by atoms with Gasteiger partial charge in [0, 0.05) is 80.9 Å². The molecule has 3 amide bonds. The van der Waals surface area contributed by atoms with Gasteiger partial charge < -0.3 is 62.8 Å². The number of aliphatic hydroxyl groups is 2. The molecule has 0 aromatic carbocycles. The molecule has 0 aromatic heterocycles. The van der Waals surface area contributed by atoms with Gasteiger partial charge in [-0.05, 0) is 70.6 Å². The molecule has 0 aliphatic carbocycles. The van der Waals surface area contributed by atoms with Crippen LogP contribution < -0.4 is 0 Å². The van der Waals surface area contributed by atoms with Crippen LogP contribution in [-0.2, 0) is 61.9 Å². The highest BCUT2D eigenvalue weighted by Crippen LogP contribution is 2.29. The zero-order chi connectivity index (χ0) is 62.9. The van der Waals surface area contributed by atoms with Crippen LogP contribution >= 0.6 is 0 Å². The van der Waals surface area contributed by atoms with Gasteiger partial charge in [-0.25, -0.2) is 0 Å². The number of unbranched alkanes of at least 4 members (excludes halogenated alkanes) is 11. The number of hydrogen-bond acceptors (Lipinski definition) is 15. The molecule has 2 fully saturated rings. The van der Waals surface area contributed by atoms with Gasteiger partial charge in [0.2, 0.25) is 17.7 Å². The van der Waals surface area contributed by atoms with Crippen molar-refractivity contribution in [1.29, 1.82) is 0 Å². The molecular weight excluding hydrogens is 1050 g/mol. The van der Waals surface area contributed by atoms with Crippen LogP contribution in [0.25, 0.3) is 0 Å². The van der Waals surface area contributed by atoms with Gasteiger partial charge in [-0.1, -0.05) is 138 Å². The fourth-order valence-electron chi connectivity index (χ4n) is 7.52. The largest absolute Gasteiger partial charge is 0.465 e. The normalized spacial score (nSPS) is 15.0. The summed E-state index contributed by atoms with van der Waals surface area (Å²) in [4.78, 5) is 61.4. The highest BCUT2D eigenvalue weighted by molar-refractivity contribution is 5.76. The van der Waals surface area contributed by atoms with Crippen molar-refractivity contribution in [2.75, 3.05) is 129 Å². The molecule has 2 saturated heterocycles. The molecule has 2 aliphatic rings. The Morgan fingerprint density at radius 3 is 1.22 bits per heavy atom. The fourth-order valence-corrected chi connectivity index (χ4v) is 7.52. The van der Waals surface area contributed by atoms with Crippen molar-refractivity contribution in [3.05, 3.63) is 0 Å². The van der Waals surface area contributed by atoms with E-state index in [1.54, 1.807) is 64.1 Å². The summed E-state index contributed by atoms with van der Waals surface area (Å²) in [7, 11) is 12.1. The summed E-state index contributed by atoms with van der Waals surface area (Å²) in [5, 5.41) is 17.3.